The molecule has 43 heavy (non-hydrogen) atoms. The Kier molecular flexibility index (Phi) is 7.71. The van der Waals surface area contributed by atoms with Crippen LogP contribution in [0.5, 0.6) is 0 Å². The van der Waals surface area contributed by atoms with E-state index in [2.05, 4.69) is 15.1 Å². The highest BCUT2D eigenvalue weighted by molar-refractivity contribution is 6.25. The lowest BCUT2D eigenvalue weighted by atomic mass is 10.0. The lowest BCUT2D eigenvalue weighted by molar-refractivity contribution is -0.0339. The van der Waals surface area contributed by atoms with Crippen molar-refractivity contribution in [3.63, 3.8) is 0 Å². The van der Waals surface area contributed by atoms with Gasteiger partial charge in [0.05, 0.1) is 11.8 Å². The number of hydrogen-bond donors (Lipinski definition) is 2. The highest BCUT2D eigenvalue weighted by Gasteiger charge is 2.45. The van der Waals surface area contributed by atoms with Crippen molar-refractivity contribution in [2.24, 2.45) is 0 Å². The summed E-state index contributed by atoms with van der Waals surface area (Å²) in [6.07, 6.45) is -2.44. The van der Waals surface area contributed by atoms with E-state index in [4.69, 9.17) is 9.47 Å². The quantitative estimate of drug-likeness (QED) is 0.217. The molecule has 12 nitrogen and oxygen atoms in total. The third-order valence-corrected chi connectivity index (χ3v) is 7.02. The number of carbonyl (C=O) groups excluding carboxylic acids is 3. The second-order valence-electron chi connectivity index (χ2n) is 9.73. The molecule has 0 radical (unpaired) electrons. The largest absolute Gasteiger partial charge is 0.459 e. The molecule has 3 aromatic carbocycles. The van der Waals surface area contributed by atoms with Crippen molar-refractivity contribution in [3.8, 4) is 0 Å². The SMILES string of the molecule is O=C(OC[C@H]1O[C@@H](c2cnn3c(N(C(=O)c4ccccc4)C(=O)c4ccccc4)ncnc23)[C@@H](O)[C@H]1O)c1ccccc1. The number of anilines is 1. The highest BCUT2D eigenvalue weighted by Crippen LogP contribution is 2.36. The molecule has 0 saturated carbocycles. The molecule has 2 N–H and O–H groups in total. The number of carbonyl (C=O) groups is 3. The summed E-state index contributed by atoms with van der Waals surface area (Å²) in [7, 11) is 0. The zero-order valence-electron chi connectivity index (χ0n) is 22.5. The van der Waals surface area contributed by atoms with Crippen molar-refractivity contribution in [2.75, 3.05) is 11.5 Å². The summed E-state index contributed by atoms with van der Waals surface area (Å²) in [5, 5.41) is 25.9. The number of fused-ring (bicyclic) bond motifs is 1. The summed E-state index contributed by atoms with van der Waals surface area (Å²) in [6, 6.07) is 24.9. The summed E-state index contributed by atoms with van der Waals surface area (Å²) in [6.45, 7) is -0.313. The van der Waals surface area contributed by atoms with Crippen molar-refractivity contribution >= 4 is 29.4 Å². The Morgan fingerprint density at radius 3 is 1.93 bits per heavy atom. The minimum absolute atomic E-state index is 0.134. The Morgan fingerprint density at radius 1 is 0.791 bits per heavy atom. The molecule has 2 aromatic heterocycles. The summed E-state index contributed by atoms with van der Waals surface area (Å²) < 4.78 is 12.4. The molecule has 1 fully saturated rings. The maximum atomic E-state index is 13.7. The van der Waals surface area contributed by atoms with Gasteiger partial charge in [-0.15, -0.1) is 0 Å². The Bertz CT molecular complexity index is 1710. The van der Waals surface area contributed by atoms with Gasteiger partial charge in [0.2, 0.25) is 5.95 Å². The molecule has 0 aliphatic carbocycles. The molecule has 12 heteroatoms. The third-order valence-electron chi connectivity index (χ3n) is 7.02. The van der Waals surface area contributed by atoms with E-state index in [0.29, 0.717) is 5.56 Å². The van der Waals surface area contributed by atoms with Crippen LogP contribution in [-0.2, 0) is 9.47 Å². The maximum absolute atomic E-state index is 13.7. The molecule has 1 aliphatic rings. The van der Waals surface area contributed by atoms with Crippen LogP contribution in [0, 0.1) is 0 Å². The number of esters is 1. The van der Waals surface area contributed by atoms with Crippen LogP contribution in [0.3, 0.4) is 0 Å². The molecule has 1 aliphatic heterocycles. The van der Waals surface area contributed by atoms with Crippen LogP contribution < -0.4 is 4.90 Å². The van der Waals surface area contributed by atoms with E-state index in [1.54, 1.807) is 91.0 Å². The van der Waals surface area contributed by atoms with Crippen LogP contribution in [0.1, 0.15) is 42.7 Å². The summed E-state index contributed by atoms with van der Waals surface area (Å²) in [5.74, 6) is -2.02. The fraction of sp³-hybridized carbons (Fsp3) is 0.161. The monoisotopic (exact) mass is 579 g/mol. The molecule has 0 bridgehead atoms. The smallest absolute Gasteiger partial charge is 0.338 e. The van der Waals surface area contributed by atoms with Gasteiger partial charge < -0.3 is 19.7 Å². The van der Waals surface area contributed by atoms with Crippen LogP contribution in [0.2, 0.25) is 0 Å². The van der Waals surface area contributed by atoms with E-state index in [-0.39, 0.29) is 34.9 Å². The molecule has 216 valence electrons. The summed E-state index contributed by atoms with van der Waals surface area (Å²) in [5.41, 5.74) is 1.23. The zero-order chi connectivity index (χ0) is 29.9. The second-order valence-corrected chi connectivity index (χ2v) is 9.73. The van der Waals surface area contributed by atoms with Gasteiger partial charge in [-0.2, -0.15) is 9.61 Å². The number of nitrogens with zero attached hydrogens (tertiary/aromatic N) is 5. The minimum atomic E-state index is -1.42. The van der Waals surface area contributed by atoms with Gasteiger partial charge in [0.1, 0.15) is 37.4 Å². The Balaban J connectivity index is 1.31. The highest BCUT2D eigenvalue weighted by atomic mass is 16.6. The average Bonchev–Trinajstić information content (AvgIpc) is 3.61. The molecular weight excluding hydrogens is 554 g/mol. The number of hydrogen-bond acceptors (Lipinski definition) is 10. The lowest BCUT2D eigenvalue weighted by Gasteiger charge is -2.20. The summed E-state index contributed by atoms with van der Waals surface area (Å²) >= 11 is 0. The first-order chi connectivity index (χ1) is 20.9. The number of rotatable bonds is 7. The Hall–Kier alpha value is -5.30. The predicted octanol–water partition coefficient (Wildman–Crippen LogP) is 2.63. The Morgan fingerprint density at radius 2 is 1.35 bits per heavy atom. The summed E-state index contributed by atoms with van der Waals surface area (Å²) in [4.78, 5) is 49.2. The van der Waals surface area contributed by atoms with E-state index in [1.807, 2.05) is 0 Å². The first-order valence-corrected chi connectivity index (χ1v) is 13.4. The molecule has 1 saturated heterocycles. The number of imide groups is 1. The molecule has 4 atom stereocenters. The van der Waals surface area contributed by atoms with Gasteiger partial charge in [-0.3, -0.25) is 9.59 Å². The van der Waals surface area contributed by atoms with Gasteiger partial charge in [-0.05, 0) is 36.4 Å². The molecule has 0 spiro atoms. The second kappa shape index (κ2) is 11.9. The van der Waals surface area contributed by atoms with Crippen LogP contribution in [0.25, 0.3) is 5.65 Å². The van der Waals surface area contributed by atoms with Crippen LogP contribution in [0.4, 0.5) is 5.95 Å². The third kappa shape index (κ3) is 5.37. The van der Waals surface area contributed by atoms with Gasteiger partial charge in [0.25, 0.3) is 11.8 Å². The van der Waals surface area contributed by atoms with Crippen molar-refractivity contribution < 1.29 is 34.1 Å². The number of ether oxygens (including phenoxy) is 2. The molecule has 2 amide bonds. The van der Waals surface area contributed by atoms with E-state index in [1.165, 1.54) is 10.7 Å². The van der Waals surface area contributed by atoms with Crippen LogP contribution in [-0.4, -0.2) is 72.5 Å². The number of amides is 2. The topological polar surface area (TPSA) is 156 Å². The van der Waals surface area contributed by atoms with Crippen LogP contribution >= 0.6 is 0 Å². The normalized spacial score (nSPS) is 19.7. The fourth-order valence-corrected chi connectivity index (χ4v) is 4.83. The van der Waals surface area contributed by atoms with Gasteiger partial charge in [0.15, 0.2) is 5.65 Å². The standard InChI is InChI=1S/C31H25N5O7/c37-24-23(17-42-30(41)21-14-8-3-9-15-21)43-26(25(24)38)22-16-34-36-27(22)32-18-33-31(36)35(28(39)19-10-4-1-5-11-19)29(40)20-12-6-2-7-13-20/h1-16,18,23-26,37-38H,17H2/t23-,24+,25+,26+/m1/s1. The van der Waals surface area contributed by atoms with Crippen LogP contribution in [0.15, 0.2) is 104 Å². The first-order valence-electron chi connectivity index (χ1n) is 13.4. The number of aliphatic hydroxyl groups is 2. The number of aliphatic hydroxyl groups excluding tert-OH is 2. The van der Waals surface area contributed by atoms with Crippen molar-refractivity contribution in [3.05, 3.63) is 126 Å². The zero-order valence-corrected chi connectivity index (χ0v) is 22.5. The van der Waals surface area contributed by atoms with Crippen molar-refractivity contribution in [1.29, 1.82) is 0 Å². The first kappa shape index (κ1) is 27.8. The van der Waals surface area contributed by atoms with E-state index in [9.17, 15) is 24.6 Å². The fourth-order valence-electron chi connectivity index (χ4n) is 4.83. The predicted molar refractivity (Wildman–Crippen MR) is 151 cm³/mol. The number of benzene rings is 3. The van der Waals surface area contributed by atoms with Crippen molar-refractivity contribution in [2.45, 2.75) is 24.4 Å². The van der Waals surface area contributed by atoms with E-state index < -0.39 is 42.2 Å². The molecule has 3 heterocycles. The molecular formula is C31H25N5O7. The van der Waals surface area contributed by atoms with E-state index >= 15 is 0 Å². The van der Waals surface area contributed by atoms with E-state index in [0.717, 1.165) is 11.2 Å². The molecule has 6 rings (SSSR count). The molecule has 0 unspecified atom stereocenters. The number of aromatic nitrogens is 4. The lowest BCUT2D eigenvalue weighted by Crippen LogP contribution is -2.39. The minimum Gasteiger partial charge on any atom is -0.459 e. The van der Waals surface area contributed by atoms with Gasteiger partial charge in [-0.1, -0.05) is 54.6 Å². The van der Waals surface area contributed by atoms with Gasteiger partial charge in [0, 0.05) is 16.7 Å². The molecule has 5 aromatic rings. The average molecular weight is 580 g/mol. The van der Waals surface area contributed by atoms with Gasteiger partial charge in [-0.25, -0.2) is 19.7 Å². The van der Waals surface area contributed by atoms with Crippen molar-refractivity contribution in [1.82, 2.24) is 19.6 Å². The van der Waals surface area contributed by atoms with Gasteiger partial charge >= 0.3 is 5.97 Å². The maximum Gasteiger partial charge on any atom is 0.338 e. The Labute approximate surface area is 244 Å².